The maximum atomic E-state index is 2.20. The molecule has 0 atom stereocenters. The Morgan fingerprint density at radius 2 is 1.00 bits per heavy atom. The fourth-order valence-corrected chi connectivity index (χ4v) is 1.41. The molecule has 1 aromatic rings. The van der Waals surface area contributed by atoms with Gasteiger partial charge in [-0.15, -0.1) is 0 Å². The van der Waals surface area contributed by atoms with E-state index in [9.17, 15) is 0 Å². The quantitative estimate of drug-likeness (QED) is 0.617. The second kappa shape index (κ2) is 6.49. The van der Waals surface area contributed by atoms with Crippen molar-refractivity contribution in [2.75, 3.05) is 0 Å². The molecule has 1 aromatic carbocycles. The SMILES string of the molecule is Cc1c(C)c(C)[c-](C)c1C.[CH3-].[CH3-].[Pt]. The molecule has 0 aliphatic heterocycles. The van der Waals surface area contributed by atoms with Gasteiger partial charge in [-0.1, -0.05) is 34.6 Å². The van der Waals surface area contributed by atoms with E-state index in [1.807, 2.05) is 0 Å². The topological polar surface area (TPSA) is 0 Å². The molecule has 0 nitrogen and oxygen atoms in total. The minimum absolute atomic E-state index is 0. The van der Waals surface area contributed by atoms with Crippen molar-refractivity contribution in [3.05, 3.63) is 42.7 Å². The summed E-state index contributed by atoms with van der Waals surface area (Å²) in [6.45, 7) is 11.0. The maximum absolute atomic E-state index is 2.20. The molecule has 0 aliphatic carbocycles. The van der Waals surface area contributed by atoms with Crippen molar-refractivity contribution in [1.82, 2.24) is 0 Å². The summed E-state index contributed by atoms with van der Waals surface area (Å²) < 4.78 is 0. The molecule has 13 heavy (non-hydrogen) atoms. The molecule has 0 heterocycles. The number of hydrogen-bond donors (Lipinski definition) is 0. The third-order valence-electron chi connectivity index (χ3n) is 2.81. The third kappa shape index (κ3) is 3.02. The van der Waals surface area contributed by atoms with E-state index in [-0.39, 0.29) is 35.9 Å². The zero-order valence-electron chi connectivity index (χ0n) is 9.82. The fourth-order valence-electron chi connectivity index (χ4n) is 1.41. The minimum Gasteiger partial charge on any atom is -0.358 e. The molecule has 0 aliphatic rings. The summed E-state index contributed by atoms with van der Waals surface area (Å²) in [4.78, 5) is 0. The summed E-state index contributed by atoms with van der Waals surface area (Å²) in [5.74, 6) is 0. The van der Waals surface area contributed by atoms with Crippen LogP contribution in [0, 0.1) is 49.5 Å². The van der Waals surface area contributed by atoms with Crippen LogP contribution in [-0.4, -0.2) is 0 Å². The fraction of sp³-hybridized carbons (Fsp3) is 0.417. The van der Waals surface area contributed by atoms with Gasteiger partial charge in [-0.3, -0.25) is 0 Å². The first kappa shape index (κ1) is 18.8. The Labute approximate surface area is 98.4 Å². The van der Waals surface area contributed by atoms with Crippen LogP contribution in [0.2, 0.25) is 0 Å². The van der Waals surface area contributed by atoms with Gasteiger partial charge in [0.15, 0.2) is 0 Å². The zero-order valence-corrected chi connectivity index (χ0v) is 12.1. The Bertz CT molecular complexity index is 176. The summed E-state index contributed by atoms with van der Waals surface area (Å²) >= 11 is 0. The van der Waals surface area contributed by atoms with E-state index in [1.54, 1.807) is 0 Å². The van der Waals surface area contributed by atoms with Crippen molar-refractivity contribution in [3.63, 3.8) is 0 Å². The van der Waals surface area contributed by atoms with E-state index in [0.29, 0.717) is 0 Å². The van der Waals surface area contributed by atoms with Crippen LogP contribution in [0.3, 0.4) is 0 Å². The van der Waals surface area contributed by atoms with Crippen molar-refractivity contribution in [1.29, 1.82) is 0 Å². The first-order valence-electron chi connectivity index (χ1n) is 3.75. The van der Waals surface area contributed by atoms with E-state index in [4.69, 9.17) is 0 Å². The van der Waals surface area contributed by atoms with E-state index in [1.165, 1.54) is 27.8 Å². The van der Waals surface area contributed by atoms with E-state index >= 15 is 0 Å². The van der Waals surface area contributed by atoms with E-state index < -0.39 is 0 Å². The van der Waals surface area contributed by atoms with Crippen molar-refractivity contribution < 1.29 is 21.1 Å². The van der Waals surface area contributed by atoms with Gasteiger partial charge in [0.05, 0.1) is 0 Å². The Morgan fingerprint density at radius 1 is 0.769 bits per heavy atom. The van der Waals surface area contributed by atoms with Gasteiger partial charge < -0.3 is 14.9 Å². The minimum atomic E-state index is 0. The van der Waals surface area contributed by atoms with Crippen LogP contribution < -0.4 is 0 Å². The van der Waals surface area contributed by atoms with Crippen LogP contribution in [-0.2, 0) is 21.1 Å². The average molecular weight is 360 g/mol. The van der Waals surface area contributed by atoms with Crippen molar-refractivity contribution in [2.24, 2.45) is 0 Å². The summed E-state index contributed by atoms with van der Waals surface area (Å²) in [5.41, 5.74) is 7.34. The summed E-state index contributed by atoms with van der Waals surface area (Å²) in [7, 11) is 0. The van der Waals surface area contributed by atoms with Gasteiger partial charge in [0.25, 0.3) is 0 Å². The number of hydrogen-bond acceptors (Lipinski definition) is 0. The summed E-state index contributed by atoms with van der Waals surface area (Å²) in [6, 6.07) is 0. The molecule has 0 amide bonds. The molecular formula is C12H21Pt-3. The third-order valence-corrected chi connectivity index (χ3v) is 2.81. The van der Waals surface area contributed by atoms with Gasteiger partial charge in [0.1, 0.15) is 0 Å². The average Bonchev–Trinajstić information content (AvgIpc) is 2.07. The molecule has 0 aromatic heterocycles. The molecule has 0 saturated heterocycles. The first-order chi connectivity index (χ1) is 4.55. The standard InChI is InChI=1S/C10H15.2CH3.Pt/c1-6-7(2)9(4)10(5)8(6)3;;;/h1-5H3;2*1H3;/q3*-1;. The van der Waals surface area contributed by atoms with Gasteiger partial charge in [-0.25, -0.2) is 0 Å². The largest absolute Gasteiger partial charge is 0.358 e. The molecule has 0 N–H and O–H groups in total. The van der Waals surface area contributed by atoms with Crippen LogP contribution in [0.4, 0.5) is 0 Å². The Kier molecular flexibility index (Phi) is 9.36. The molecule has 82 valence electrons. The molecule has 0 radical (unpaired) electrons. The van der Waals surface area contributed by atoms with E-state index in [0.717, 1.165) is 0 Å². The number of rotatable bonds is 0. The van der Waals surface area contributed by atoms with E-state index in [2.05, 4.69) is 34.6 Å². The van der Waals surface area contributed by atoms with Crippen molar-refractivity contribution >= 4 is 0 Å². The van der Waals surface area contributed by atoms with Crippen LogP contribution in [0.15, 0.2) is 0 Å². The zero-order chi connectivity index (χ0) is 7.89. The molecule has 0 bridgehead atoms. The predicted octanol–water partition coefficient (Wildman–Crippen LogP) is 3.85. The molecular weight excluding hydrogens is 339 g/mol. The van der Waals surface area contributed by atoms with Gasteiger partial charge in [0, 0.05) is 21.1 Å². The molecule has 0 fully saturated rings. The van der Waals surface area contributed by atoms with Crippen molar-refractivity contribution in [2.45, 2.75) is 34.6 Å². The Morgan fingerprint density at radius 3 is 1.08 bits per heavy atom. The molecule has 0 unspecified atom stereocenters. The molecule has 1 heteroatoms. The molecule has 1 rings (SSSR count). The Hall–Kier alpha value is 0.0383. The maximum Gasteiger partial charge on any atom is 0 e. The second-order valence-electron chi connectivity index (χ2n) is 3.12. The predicted molar refractivity (Wildman–Crippen MR) is 58.5 cm³/mol. The van der Waals surface area contributed by atoms with Gasteiger partial charge in [-0.05, 0) is 0 Å². The summed E-state index contributed by atoms with van der Waals surface area (Å²) in [6.07, 6.45) is 0. The monoisotopic (exact) mass is 360 g/mol. The second-order valence-corrected chi connectivity index (χ2v) is 3.12. The molecule has 0 spiro atoms. The smallest absolute Gasteiger partial charge is 0 e. The van der Waals surface area contributed by atoms with Crippen molar-refractivity contribution in [3.8, 4) is 0 Å². The van der Waals surface area contributed by atoms with Gasteiger partial charge >= 0.3 is 0 Å². The van der Waals surface area contributed by atoms with Gasteiger partial charge in [-0.2, -0.15) is 27.8 Å². The van der Waals surface area contributed by atoms with Gasteiger partial charge in [0.2, 0.25) is 0 Å². The first-order valence-corrected chi connectivity index (χ1v) is 3.75. The van der Waals surface area contributed by atoms with Crippen LogP contribution >= 0.6 is 0 Å². The van der Waals surface area contributed by atoms with Crippen LogP contribution in [0.25, 0.3) is 0 Å². The molecule has 0 saturated carbocycles. The normalized spacial score (nSPS) is 8.08. The Balaban J connectivity index is -0.000000333. The summed E-state index contributed by atoms with van der Waals surface area (Å²) in [5, 5.41) is 0. The van der Waals surface area contributed by atoms with Crippen LogP contribution in [0.1, 0.15) is 27.8 Å². The van der Waals surface area contributed by atoms with Crippen LogP contribution in [0.5, 0.6) is 0 Å².